The van der Waals surface area contributed by atoms with Crippen molar-refractivity contribution in [2.24, 2.45) is 0 Å². The Kier molecular flexibility index (Phi) is 7.75. The number of amides is 1. The summed E-state index contributed by atoms with van der Waals surface area (Å²) in [6.07, 6.45) is -3.74. The summed E-state index contributed by atoms with van der Waals surface area (Å²) in [5.41, 5.74) is 0.397. The number of hydrogen-bond donors (Lipinski definition) is 0. The molecular weight excluding hydrogens is 443 g/mol. The summed E-state index contributed by atoms with van der Waals surface area (Å²) in [5, 5.41) is 11.3. The molecule has 1 aliphatic heterocycles. The molecular formula is C22H24F3N3O5. The van der Waals surface area contributed by atoms with Crippen molar-refractivity contribution < 1.29 is 32.4 Å². The highest BCUT2D eigenvalue weighted by molar-refractivity contribution is 5.98. The van der Waals surface area contributed by atoms with Crippen LogP contribution in [0.25, 0.3) is 0 Å². The molecule has 0 aromatic heterocycles. The molecule has 0 saturated carbocycles. The van der Waals surface area contributed by atoms with Crippen molar-refractivity contribution in [1.82, 2.24) is 9.80 Å². The molecule has 0 N–H and O–H groups in total. The van der Waals surface area contributed by atoms with E-state index in [-0.39, 0.29) is 11.3 Å². The highest BCUT2D eigenvalue weighted by atomic mass is 19.4. The molecule has 1 heterocycles. The number of nitrogens with zero attached hydrogens (tertiary/aromatic N) is 3. The molecule has 1 amide bonds. The number of carbonyl (C=O) groups excluding carboxylic acids is 1. The summed E-state index contributed by atoms with van der Waals surface area (Å²) in [7, 11) is 1.61. The molecule has 0 spiro atoms. The van der Waals surface area contributed by atoms with Gasteiger partial charge in [-0.2, -0.15) is 13.2 Å². The molecule has 11 heteroatoms. The molecule has 1 saturated heterocycles. The van der Waals surface area contributed by atoms with Gasteiger partial charge in [0.1, 0.15) is 17.1 Å². The van der Waals surface area contributed by atoms with Crippen molar-refractivity contribution in [1.29, 1.82) is 0 Å². The Morgan fingerprint density at radius 1 is 1.06 bits per heavy atom. The molecule has 1 aliphatic rings. The number of nitro benzene ring substituents is 1. The molecule has 0 radical (unpaired) electrons. The van der Waals surface area contributed by atoms with Crippen LogP contribution in [-0.2, 0) is 6.42 Å². The van der Waals surface area contributed by atoms with Crippen LogP contribution in [0.3, 0.4) is 0 Å². The van der Waals surface area contributed by atoms with Crippen LogP contribution in [0.2, 0.25) is 0 Å². The van der Waals surface area contributed by atoms with Crippen LogP contribution in [0.5, 0.6) is 11.5 Å². The third-order valence-electron chi connectivity index (χ3n) is 5.33. The number of alkyl halides is 3. The Labute approximate surface area is 188 Å². The molecule has 1 fully saturated rings. The molecule has 8 nitrogen and oxygen atoms in total. The van der Waals surface area contributed by atoms with Gasteiger partial charge in [-0.05, 0) is 36.2 Å². The van der Waals surface area contributed by atoms with Crippen molar-refractivity contribution in [3.8, 4) is 11.5 Å². The lowest BCUT2D eigenvalue weighted by atomic mass is 10.1. The smallest absolute Gasteiger partial charge is 0.422 e. The second-order valence-corrected chi connectivity index (χ2v) is 7.57. The normalized spacial score (nSPS) is 14.7. The Morgan fingerprint density at radius 3 is 2.27 bits per heavy atom. The van der Waals surface area contributed by atoms with Crippen LogP contribution in [0.15, 0.2) is 42.5 Å². The zero-order chi connectivity index (χ0) is 24.0. The maximum Gasteiger partial charge on any atom is 0.422 e. The summed E-state index contributed by atoms with van der Waals surface area (Å²) in [6.45, 7) is 1.11. The van der Waals surface area contributed by atoms with Gasteiger partial charge in [0, 0.05) is 38.8 Å². The maximum absolute atomic E-state index is 12.9. The van der Waals surface area contributed by atoms with E-state index in [0.29, 0.717) is 26.2 Å². The topological polar surface area (TPSA) is 85.2 Å². The van der Waals surface area contributed by atoms with E-state index in [0.717, 1.165) is 42.5 Å². The van der Waals surface area contributed by atoms with Crippen LogP contribution in [-0.4, -0.2) is 73.2 Å². The van der Waals surface area contributed by atoms with Crippen LogP contribution in [0.4, 0.5) is 18.9 Å². The van der Waals surface area contributed by atoms with Crippen molar-refractivity contribution in [2.75, 3.05) is 46.4 Å². The molecule has 178 valence electrons. The van der Waals surface area contributed by atoms with E-state index in [2.05, 4.69) is 9.64 Å². The summed E-state index contributed by atoms with van der Waals surface area (Å²) in [4.78, 5) is 27.2. The predicted octanol–water partition coefficient (Wildman–Crippen LogP) is 3.55. The average Bonchev–Trinajstić information content (AvgIpc) is 2.81. The minimum absolute atomic E-state index is 0.251. The van der Waals surface area contributed by atoms with Gasteiger partial charge in [-0.1, -0.05) is 12.1 Å². The summed E-state index contributed by atoms with van der Waals surface area (Å²) in [5.74, 6) is -0.0683. The molecule has 0 unspecified atom stereocenters. The van der Waals surface area contributed by atoms with Gasteiger partial charge < -0.3 is 14.4 Å². The van der Waals surface area contributed by atoms with Gasteiger partial charge >= 0.3 is 6.18 Å². The SMILES string of the molecule is COc1ccc(CCN2CCN(C(=O)c3cc(OCC(F)(F)F)ccc3[N+](=O)[O-])CC2)cc1. The summed E-state index contributed by atoms with van der Waals surface area (Å²) in [6, 6.07) is 10.8. The molecule has 33 heavy (non-hydrogen) atoms. The Bertz CT molecular complexity index is 974. The lowest BCUT2D eigenvalue weighted by Gasteiger charge is -2.34. The standard InChI is InChI=1S/C22H24F3N3O5/c1-32-17-4-2-16(3-5-17)8-9-26-10-12-27(13-11-26)21(29)19-14-18(33-15-22(23,24)25)6-7-20(19)28(30)31/h2-7,14H,8-13,15H2,1H3. The number of halogens is 3. The summed E-state index contributed by atoms with van der Waals surface area (Å²) >= 11 is 0. The number of carbonyl (C=O) groups is 1. The van der Waals surface area contributed by atoms with E-state index in [4.69, 9.17) is 4.74 Å². The second kappa shape index (κ2) is 10.5. The van der Waals surface area contributed by atoms with E-state index < -0.39 is 29.3 Å². The third kappa shape index (κ3) is 6.82. The minimum Gasteiger partial charge on any atom is -0.497 e. The van der Waals surface area contributed by atoms with Gasteiger partial charge in [0.05, 0.1) is 12.0 Å². The molecule has 0 atom stereocenters. The monoisotopic (exact) mass is 467 g/mol. The number of nitro groups is 1. The van der Waals surface area contributed by atoms with Crippen LogP contribution in [0.1, 0.15) is 15.9 Å². The van der Waals surface area contributed by atoms with E-state index >= 15 is 0 Å². The van der Waals surface area contributed by atoms with Gasteiger partial charge in [0.2, 0.25) is 0 Å². The van der Waals surface area contributed by atoms with Crippen LogP contribution in [0, 0.1) is 10.1 Å². The predicted molar refractivity (Wildman–Crippen MR) is 114 cm³/mol. The Balaban J connectivity index is 1.60. The van der Waals surface area contributed by atoms with Gasteiger partial charge in [-0.25, -0.2) is 0 Å². The molecule has 3 rings (SSSR count). The number of methoxy groups -OCH3 is 1. The third-order valence-corrected chi connectivity index (χ3v) is 5.33. The fraction of sp³-hybridized carbons (Fsp3) is 0.409. The number of benzene rings is 2. The second-order valence-electron chi connectivity index (χ2n) is 7.57. The first-order valence-corrected chi connectivity index (χ1v) is 10.3. The lowest BCUT2D eigenvalue weighted by Crippen LogP contribution is -2.49. The zero-order valence-corrected chi connectivity index (χ0v) is 18.0. The lowest BCUT2D eigenvalue weighted by molar-refractivity contribution is -0.385. The fourth-order valence-electron chi connectivity index (χ4n) is 3.52. The highest BCUT2D eigenvalue weighted by Crippen LogP contribution is 2.27. The van der Waals surface area contributed by atoms with E-state index in [1.807, 2.05) is 24.3 Å². The van der Waals surface area contributed by atoms with Gasteiger partial charge in [0.25, 0.3) is 11.6 Å². The quantitative estimate of drug-likeness (QED) is 0.436. The largest absolute Gasteiger partial charge is 0.497 e. The zero-order valence-electron chi connectivity index (χ0n) is 18.0. The first-order chi connectivity index (χ1) is 15.7. The van der Waals surface area contributed by atoms with E-state index in [9.17, 15) is 28.1 Å². The van der Waals surface area contributed by atoms with Gasteiger partial charge in [-0.15, -0.1) is 0 Å². The summed E-state index contributed by atoms with van der Waals surface area (Å²) < 4.78 is 47.1. The average molecular weight is 467 g/mol. The van der Waals surface area contributed by atoms with Crippen molar-refractivity contribution in [3.05, 3.63) is 63.7 Å². The first-order valence-electron chi connectivity index (χ1n) is 10.3. The Morgan fingerprint density at radius 2 is 1.70 bits per heavy atom. The van der Waals surface area contributed by atoms with Crippen LogP contribution < -0.4 is 9.47 Å². The van der Waals surface area contributed by atoms with E-state index in [1.165, 1.54) is 4.90 Å². The molecule has 0 aliphatic carbocycles. The molecule has 2 aromatic rings. The van der Waals surface area contributed by atoms with Crippen molar-refractivity contribution >= 4 is 11.6 Å². The van der Waals surface area contributed by atoms with Crippen molar-refractivity contribution in [2.45, 2.75) is 12.6 Å². The van der Waals surface area contributed by atoms with E-state index in [1.54, 1.807) is 7.11 Å². The van der Waals surface area contributed by atoms with Gasteiger partial charge in [0.15, 0.2) is 6.61 Å². The number of rotatable bonds is 8. The van der Waals surface area contributed by atoms with Crippen molar-refractivity contribution in [3.63, 3.8) is 0 Å². The van der Waals surface area contributed by atoms with Gasteiger partial charge in [-0.3, -0.25) is 19.8 Å². The minimum atomic E-state index is -4.56. The fourth-order valence-corrected chi connectivity index (χ4v) is 3.52. The maximum atomic E-state index is 12.9. The highest BCUT2D eigenvalue weighted by Gasteiger charge is 2.31. The number of ether oxygens (including phenoxy) is 2. The molecule has 0 bridgehead atoms. The first kappa shape index (κ1) is 24.3. The Hall–Kier alpha value is -3.34. The van der Waals surface area contributed by atoms with Crippen LogP contribution >= 0.6 is 0 Å². The number of piperazine rings is 1. The number of hydrogen-bond acceptors (Lipinski definition) is 6. The molecule has 2 aromatic carbocycles.